The van der Waals surface area contributed by atoms with E-state index in [2.05, 4.69) is 35.2 Å². The predicted molar refractivity (Wildman–Crippen MR) is 78.0 cm³/mol. The van der Waals surface area contributed by atoms with Crippen LogP contribution in [0.4, 0.5) is 0 Å². The van der Waals surface area contributed by atoms with E-state index >= 15 is 0 Å². The van der Waals surface area contributed by atoms with Gasteiger partial charge in [0.15, 0.2) is 0 Å². The molecule has 1 aromatic rings. The van der Waals surface area contributed by atoms with Crippen molar-refractivity contribution in [3.8, 4) is 0 Å². The van der Waals surface area contributed by atoms with E-state index < -0.39 is 0 Å². The van der Waals surface area contributed by atoms with Crippen LogP contribution in [-0.4, -0.2) is 47.8 Å². The Bertz CT molecular complexity index is 373. The van der Waals surface area contributed by atoms with Gasteiger partial charge in [-0.25, -0.2) is 4.98 Å². The van der Waals surface area contributed by atoms with Gasteiger partial charge in [-0.1, -0.05) is 0 Å². The van der Waals surface area contributed by atoms with Gasteiger partial charge >= 0.3 is 0 Å². The highest BCUT2D eigenvalue weighted by atomic mass is 16.5. The first-order chi connectivity index (χ1) is 8.86. The molecular weight excluding hydrogens is 240 g/mol. The topological polar surface area (TPSA) is 56.3 Å². The van der Waals surface area contributed by atoms with Crippen molar-refractivity contribution in [3.05, 3.63) is 18.2 Å². The summed E-state index contributed by atoms with van der Waals surface area (Å²) in [5, 5.41) is 0. The summed E-state index contributed by atoms with van der Waals surface area (Å²) in [6.45, 7) is 8.56. The van der Waals surface area contributed by atoms with E-state index in [0.717, 1.165) is 18.8 Å². The van der Waals surface area contributed by atoms with Gasteiger partial charge in [-0.2, -0.15) is 0 Å². The van der Waals surface area contributed by atoms with Crippen LogP contribution >= 0.6 is 0 Å². The predicted octanol–water partition coefficient (Wildman–Crippen LogP) is 1.43. The zero-order valence-corrected chi connectivity index (χ0v) is 12.9. The molecule has 1 heterocycles. The average Bonchev–Trinajstić information content (AvgIpc) is 2.75. The third-order valence-electron chi connectivity index (χ3n) is 3.12. The largest absolute Gasteiger partial charge is 0.376 e. The van der Waals surface area contributed by atoms with Gasteiger partial charge in [0.2, 0.25) is 0 Å². The molecule has 19 heavy (non-hydrogen) atoms. The van der Waals surface area contributed by atoms with E-state index in [-0.39, 0.29) is 11.6 Å². The van der Waals surface area contributed by atoms with Crippen LogP contribution in [0.3, 0.4) is 0 Å². The first kappa shape index (κ1) is 16.1. The number of hydrogen-bond acceptors (Lipinski definition) is 4. The Kier molecular flexibility index (Phi) is 5.97. The molecule has 0 saturated heterocycles. The fourth-order valence-electron chi connectivity index (χ4n) is 2.02. The maximum atomic E-state index is 5.89. The summed E-state index contributed by atoms with van der Waals surface area (Å²) in [7, 11) is 4.09. The Hall–Kier alpha value is -0.910. The summed E-state index contributed by atoms with van der Waals surface area (Å²) in [6, 6.07) is 0. The minimum absolute atomic E-state index is 0.106. The van der Waals surface area contributed by atoms with Gasteiger partial charge in [-0.3, -0.25) is 0 Å². The van der Waals surface area contributed by atoms with Crippen LogP contribution in [0, 0.1) is 0 Å². The SMILES string of the molecule is CC(CCN)OCC(C)(C)n1ccnc1CN(C)C. The second kappa shape index (κ2) is 7.03. The summed E-state index contributed by atoms with van der Waals surface area (Å²) in [5.41, 5.74) is 5.44. The van der Waals surface area contributed by atoms with E-state index in [9.17, 15) is 0 Å². The van der Waals surface area contributed by atoms with Crippen LogP contribution in [0.25, 0.3) is 0 Å². The molecule has 5 heteroatoms. The molecule has 0 amide bonds. The molecule has 5 nitrogen and oxygen atoms in total. The maximum Gasteiger partial charge on any atom is 0.123 e. The van der Waals surface area contributed by atoms with Crippen LogP contribution < -0.4 is 5.73 Å². The summed E-state index contributed by atoms with van der Waals surface area (Å²) < 4.78 is 8.09. The van der Waals surface area contributed by atoms with Crippen LogP contribution in [0.15, 0.2) is 12.4 Å². The zero-order valence-electron chi connectivity index (χ0n) is 12.9. The highest BCUT2D eigenvalue weighted by Crippen LogP contribution is 2.19. The molecule has 0 fully saturated rings. The molecule has 1 rings (SSSR count). The highest BCUT2D eigenvalue weighted by Gasteiger charge is 2.24. The van der Waals surface area contributed by atoms with Gasteiger partial charge in [0.1, 0.15) is 5.82 Å². The molecule has 1 unspecified atom stereocenters. The Morgan fingerprint density at radius 3 is 2.74 bits per heavy atom. The summed E-state index contributed by atoms with van der Waals surface area (Å²) in [4.78, 5) is 6.55. The maximum absolute atomic E-state index is 5.89. The standard InChI is InChI=1S/C14H28N4O/c1-12(6-7-15)19-11-14(2,3)18-9-8-16-13(18)10-17(4)5/h8-9,12H,6-7,10-11,15H2,1-5H3. The molecule has 1 atom stereocenters. The van der Waals surface area contributed by atoms with E-state index in [4.69, 9.17) is 10.5 Å². The number of imidazole rings is 1. The molecule has 0 aliphatic rings. The fraction of sp³-hybridized carbons (Fsp3) is 0.786. The smallest absolute Gasteiger partial charge is 0.123 e. The minimum Gasteiger partial charge on any atom is -0.376 e. The van der Waals surface area contributed by atoms with Gasteiger partial charge in [-0.15, -0.1) is 0 Å². The molecule has 110 valence electrons. The highest BCUT2D eigenvalue weighted by molar-refractivity contribution is 4.98. The molecule has 0 aromatic carbocycles. The van der Waals surface area contributed by atoms with Crippen LogP contribution in [0.5, 0.6) is 0 Å². The Morgan fingerprint density at radius 1 is 1.47 bits per heavy atom. The number of hydrogen-bond donors (Lipinski definition) is 1. The van der Waals surface area contributed by atoms with Crippen molar-refractivity contribution in [2.75, 3.05) is 27.2 Å². The first-order valence-electron chi connectivity index (χ1n) is 6.86. The lowest BCUT2D eigenvalue weighted by atomic mass is 10.1. The summed E-state index contributed by atoms with van der Waals surface area (Å²) >= 11 is 0. The van der Waals surface area contributed by atoms with E-state index in [1.54, 1.807) is 0 Å². The number of rotatable bonds is 8. The third-order valence-corrected chi connectivity index (χ3v) is 3.12. The van der Waals surface area contributed by atoms with Gasteiger partial charge in [0, 0.05) is 12.4 Å². The van der Waals surface area contributed by atoms with Crippen molar-refractivity contribution in [1.29, 1.82) is 0 Å². The summed E-state index contributed by atoms with van der Waals surface area (Å²) in [6.07, 6.45) is 4.97. The van der Waals surface area contributed by atoms with Crippen molar-refractivity contribution >= 4 is 0 Å². The molecule has 0 radical (unpaired) electrons. The molecule has 2 N–H and O–H groups in total. The van der Waals surface area contributed by atoms with Gasteiger partial charge < -0.3 is 19.9 Å². The molecule has 0 aliphatic carbocycles. The van der Waals surface area contributed by atoms with Crippen LogP contribution in [-0.2, 0) is 16.8 Å². The van der Waals surface area contributed by atoms with E-state index in [1.165, 1.54) is 0 Å². The lowest BCUT2D eigenvalue weighted by Gasteiger charge is -2.30. The zero-order chi connectivity index (χ0) is 14.5. The Labute approximate surface area is 116 Å². The van der Waals surface area contributed by atoms with Crippen LogP contribution in [0.1, 0.15) is 33.0 Å². The molecule has 1 aromatic heterocycles. The van der Waals surface area contributed by atoms with Gasteiger partial charge in [0.25, 0.3) is 0 Å². The number of nitrogens with two attached hydrogens (primary N) is 1. The van der Waals surface area contributed by atoms with E-state index in [1.807, 2.05) is 26.5 Å². The van der Waals surface area contributed by atoms with E-state index in [0.29, 0.717) is 13.2 Å². The van der Waals surface area contributed by atoms with Crippen molar-refractivity contribution in [1.82, 2.24) is 14.5 Å². The quantitative estimate of drug-likeness (QED) is 0.775. The fourth-order valence-corrected chi connectivity index (χ4v) is 2.02. The molecular formula is C14H28N4O. The normalized spacial score (nSPS) is 14.1. The van der Waals surface area contributed by atoms with Crippen molar-refractivity contribution in [2.45, 2.75) is 45.4 Å². The summed E-state index contributed by atoms with van der Waals surface area (Å²) in [5.74, 6) is 1.06. The average molecular weight is 268 g/mol. The molecule has 0 saturated carbocycles. The van der Waals surface area contributed by atoms with Gasteiger partial charge in [-0.05, 0) is 47.8 Å². The van der Waals surface area contributed by atoms with Gasteiger partial charge in [0.05, 0.1) is 24.8 Å². The van der Waals surface area contributed by atoms with Crippen LogP contribution in [0.2, 0.25) is 0 Å². The number of aromatic nitrogens is 2. The minimum atomic E-state index is -0.106. The second-order valence-corrected chi connectivity index (χ2v) is 5.96. The number of ether oxygens (including phenoxy) is 1. The monoisotopic (exact) mass is 268 g/mol. The van der Waals surface area contributed by atoms with Crippen molar-refractivity contribution in [2.24, 2.45) is 5.73 Å². The first-order valence-corrected chi connectivity index (χ1v) is 6.86. The third kappa shape index (κ3) is 4.93. The molecule has 0 spiro atoms. The van der Waals surface area contributed by atoms with Crippen molar-refractivity contribution < 1.29 is 4.74 Å². The van der Waals surface area contributed by atoms with Crippen molar-refractivity contribution in [3.63, 3.8) is 0 Å². The number of nitrogens with zero attached hydrogens (tertiary/aromatic N) is 3. The molecule has 0 aliphatic heterocycles. The Morgan fingerprint density at radius 2 is 2.16 bits per heavy atom. The Balaban J connectivity index is 2.68. The lowest BCUT2D eigenvalue weighted by molar-refractivity contribution is 0.0125. The lowest BCUT2D eigenvalue weighted by Crippen LogP contribution is -2.35. The molecule has 0 bridgehead atoms. The second-order valence-electron chi connectivity index (χ2n) is 5.96.